The SMILES string of the molecule is CCNC(Cc1cccc(O)c1)Cc1ccc(F)cc1Cl. The van der Waals surface area contributed by atoms with E-state index in [0.717, 1.165) is 24.1 Å². The minimum absolute atomic E-state index is 0.180. The number of nitrogens with one attached hydrogen (secondary N) is 1. The van der Waals surface area contributed by atoms with Gasteiger partial charge in [-0.15, -0.1) is 0 Å². The van der Waals surface area contributed by atoms with Gasteiger partial charge in [0.05, 0.1) is 0 Å². The number of aromatic hydroxyl groups is 1. The highest BCUT2D eigenvalue weighted by Crippen LogP contribution is 2.20. The number of phenolic OH excluding ortho intramolecular Hbond substituents is 1. The molecule has 0 aliphatic carbocycles. The largest absolute Gasteiger partial charge is 0.508 e. The summed E-state index contributed by atoms with van der Waals surface area (Å²) >= 11 is 6.09. The van der Waals surface area contributed by atoms with Crippen LogP contribution in [0.2, 0.25) is 5.02 Å². The molecule has 4 heteroatoms. The van der Waals surface area contributed by atoms with E-state index in [1.54, 1.807) is 18.2 Å². The Bertz CT molecular complexity index is 603. The molecule has 2 aromatic carbocycles. The van der Waals surface area contributed by atoms with Crippen LogP contribution in [0.1, 0.15) is 18.1 Å². The summed E-state index contributed by atoms with van der Waals surface area (Å²) < 4.78 is 13.1. The first-order valence-electron chi connectivity index (χ1n) is 7.03. The summed E-state index contributed by atoms with van der Waals surface area (Å²) in [6.45, 7) is 2.88. The van der Waals surface area contributed by atoms with Crippen molar-refractivity contribution in [2.45, 2.75) is 25.8 Å². The number of halogens is 2. The van der Waals surface area contributed by atoms with Crippen LogP contribution in [0.15, 0.2) is 42.5 Å². The van der Waals surface area contributed by atoms with Gasteiger partial charge >= 0.3 is 0 Å². The molecule has 1 atom stereocenters. The Morgan fingerprint density at radius 1 is 1.19 bits per heavy atom. The van der Waals surface area contributed by atoms with Crippen LogP contribution in [0.5, 0.6) is 5.75 Å². The molecule has 0 fully saturated rings. The minimum Gasteiger partial charge on any atom is -0.508 e. The molecule has 0 amide bonds. The predicted molar refractivity (Wildman–Crippen MR) is 84.4 cm³/mol. The number of phenols is 1. The summed E-state index contributed by atoms with van der Waals surface area (Å²) in [5.41, 5.74) is 1.98. The molecule has 2 nitrogen and oxygen atoms in total. The number of benzene rings is 2. The fourth-order valence-electron chi connectivity index (χ4n) is 2.43. The maximum absolute atomic E-state index is 13.1. The Morgan fingerprint density at radius 2 is 2.00 bits per heavy atom. The second-order valence-electron chi connectivity index (χ2n) is 5.07. The molecule has 2 N–H and O–H groups in total. The lowest BCUT2D eigenvalue weighted by molar-refractivity contribution is 0.472. The van der Waals surface area contributed by atoms with E-state index in [1.165, 1.54) is 12.1 Å². The van der Waals surface area contributed by atoms with Crippen molar-refractivity contribution in [2.75, 3.05) is 6.54 Å². The Labute approximate surface area is 129 Å². The van der Waals surface area contributed by atoms with Gasteiger partial charge in [0, 0.05) is 11.1 Å². The van der Waals surface area contributed by atoms with Gasteiger partial charge in [-0.25, -0.2) is 4.39 Å². The van der Waals surface area contributed by atoms with Crippen molar-refractivity contribution in [3.05, 3.63) is 64.4 Å². The average molecular weight is 308 g/mol. The van der Waals surface area contributed by atoms with Gasteiger partial charge in [-0.1, -0.05) is 36.7 Å². The molecule has 2 rings (SSSR count). The van der Waals surface area contributed by atoms with E-state index in [2.05, 4.69) is 5.32 Å². The van der Waals surface area contributed by atoms with Crippen LogP contribution in [0.4, 0.5) is 4.39 Å². The number of likely N-dealkylation sites (N-methyl/N-ethyl adjacent to an activating group) is 1. The van der Waals surface area contributed by atoms with Gasteiger partial charge in [0.15, 0.2) is 0 Å². The Morgan fingerprint density at radius 3 is 2.67 bits per heavy atom. The zero-order valence-electron chi connectivity index (χ0n) is 11.9. The molecule has 0 aromatic heterocycles. The number of hydrogen-bond donors (Lipinski definition) is 2. The third kappa shape index (κ3) is 4.73. The molecule has 21 heavy (non-hydrogen) atoms. The average Bonchev–Trinajstić information content (AvgIpc) is 2.42. The molecule has 0 radical (unpaired) electrons. The maximum Gasteiger partial charge on any atom is 0.124 e. The molecular formula is C17H19ClFNO. The monoisotopic (exact) mass is 307 g/mol. The van der Waals surface area contributed by atoms with Crippen LogP contribution < -0.4 is 5.32 Å². The van der Waals surface area contributed by atoms with E-state index in [4.69, 9.17) is 11.6 Å². The van der Waals surface area contributed by atoms with E-state index in [9.17, 15) is 9.50 Å². The summed E-state index contributed by atoms with van der Waals surface area (Å²) in [6.07, 6.45) is 1.48. The van der Waals surface area contributed by atoms with Gasteiger partial charge in [-0.05, 0) is 54.8 Å². The van der Waals surface area contributed by atoms with Gasteiger partial charge in [-0.3, -0.25) is 0 Å². The van der Waals surface area contributed by atoms with Crippen LogP contribution >= 0.6 is 11.6 Å². The molecule has 0 saturated heterocycles. The van der Waals surface area contributed by atoms with Crippen molar-refractivity contribution in [3.63, 3.8) is 0 Å². The quantitative estimate of drug-likeness (QED) is 0.847. The maximum atomic E-state index is 13.1. The summed E-state index contributed by atoms with van der Waals surface area (Å²) in [5.74, 6) is -0.0562. The van der Waals surface area contributed by atoms with Crippen LogP contribution in [0, 0.1) is 5.82 Å². The van der Waals surface area contributed by atoms with Crippen molar-refractivity contribution in [2.24, 2.45) is 0 Å². The fourth-order valence-corrected chi connectivity index (χ4v) is 2.67. The summed E-state index contributed by atoms with van der Waals surface area (Å²) in [5, 5.41) is 13.4. The van der Waals surface area contributed by atoms with E-state index in [1.807, 2.05) is 19.1 Å². The lowest BCUT2D eigenvalue weighted by Gasteiger charge is -2.19. The highest BCUT2D eigenvalue weighted by atomic mass is 35.5. The zero-order valence-corrected chi connectivity index (χ0v) is 12.7. The standard InChI is InChI=1S/C17H19ClFNO/c1-2-20-15(8-12-4-3-5-16(21)9-12)10-13-6-7-14(19)11-17(13)18/h3-7,9,11,15,20-21H,2,8,10H2,1H3. The molecule has 0 saturated carbocycles. The zero-order chi connectivity index (χ0) is 15.2. The normalized spacial score (nSPS) is 12.3. The Kier molecular flexibility index (Phi) is 5.59. The van der Waals surface area contributed by atoms with E-state index in [-0.39, 0.29) is 17.6 Å². The minimum atomic E-state index is -0.322. The van der Waals surface area contributed by atoms with Crippen molar-refractivity contribution in [1.82, 2.24) is 5.32 Å². The van der Waals surface area contributed by atoms with Crippen molar-refractivity contribution in [3.8, 4) is 5.75 Å². The number of rotatable bonds is 6. The lowest BCUT2D eigenvalue weighted by Crippen LogP contribution is -2.33. The van der Waals surface area contributed by atoms with Gasteiger partial charge in [0.25, 0.3) is 0 Å². The van der Waals surface area contributed by atoms with Crippen molar-refractivity contribution in [1.29, 1.82) is 0 Å². The highest BCUT2D eigenvalue weighted by molar-refractivity contribution is 6.31. The van der Waals surface area contributed by atoms with Crippen molar-refractivity contribution >= 4 is 11.6 Å². The molecular weight excluding hydrogens is 289 g/mol. The van der Waals surface area contributed by atoms with E-state index in [0.29, 0.717) is 11.4 Å². The Balaban J connectivity index is 2.11. The van der Waals surface area contributed by atoms with Gasteiger partial charge in [0.1, 0.15) is 11.6 Å². The third-order valence-electron chi connectivity index (χ3n) is 3.37. The fraction of sp³-hybridized carbons (Fsp3) is 0.294. The van der Waals surface area contributed by atoms with Crippen LogP contribution in [0.25, 0.3) is 0 Å². The van der Waals surface area contributed by atoms with Crippen LogP contribution in [-0.4, -0.2) is 17.7 Å². The second kappa shape index (κ2) is 7.43. The molecule has 0 aliphatic heterocycles. The highest BCUT2D eigenvalue weighted by Gasteiger charge is 2.12. The summed E-state index contributed by atoms with van der Waals surface area (Å²) in [6, 6.07) is 11.9. The smallest absolute Gasteiger partial charge is 0.124 e. The first kappa shape index (κ1) is 15.8. The number of hydrogen-bond acceptors (Lipinski definition) is 2. The molecule has 0 aliphatic rings. The molecule has 0 spiro atoms. The van der Waals surface area contributed by atoms with Crippen LogP contribution in [0.3, 0.4) is 0 Å². The van der Waals surface area contributed by atoms with E-state index < -0.39 is 0 Å². The molecule has 112 valence electrons. The summed E-state index contributed by atoms with van der Waals surface area (Å²) in [4.78, 5) is 0. The predicted octanol–water partition coefficient (Wildman–Crippen LogP) is 3.95. The lowest BCUT2D eigenvalue weighted by atomic mass is 9.98. The topological polar surface area (TPSA) is 32.3 Å². The van der Waals surface area contributed by atoms with Gasteiger partial charge in [-0.2, -0.15) is 0 Å². The first-order valence-corrected chi connectivity index (χ1v) is 7.41. The van der Waals surface area contributed by atoms with E-state index >= 15 is 0 Å². The molecule has 0 heterocycles. The molecule has 0 bridgehead atoms. The van der Waals surface area contributed by atoms with Crippen molar-refractivity contribution < 1.29 is 9.50 Å². The van der Waals surface area contributed by atoms with Gasteiger partial charge in [0.2, 0.25) is 0 Å². The first-order chi connectivity index (χ1) is 10.1. The van der Waals surface area contributed by atoms with Crippen LogP contribution in [-0.2, 0) is 12.8 Å². The Hall–Kier alpha value is -1.58. The third-order valence-corrected chi connectivity index (χ3v) is 3.72. The molecule has 2 aromatic rings. The van der Waals surface area contributed by atoms with Gasteiger partial charge < -0.3 is 10.4 Å². The second-order valence-corrected chi connectivity index (χ2v) is 5.48. The molecule has 1 unspecified atom stereocenters. The summed E-state index contributed by atoms with van der Waals surface area (Å²) in [7, 11) is 0.